The molecule has 1 aliphatic carbocycles. The maximum Gasteiger partial charge on any atom is 0.410 e. The summed E-state index contributed by atoms with van der Waals surface area (Å²) in [7, 11) is 0. The lowest BCUT2D eigenvalue weighted by atomic mass is 10.0. The number of rotatable bonds is 5. The van der Waals surface area contributed by atoms with E-state index < -0.39 is 5.60 Å². The molecule has 1 amide bonds. The molecule has 0 aromatic heterocycles. The normalized spacial score (nSPS) is 18.0. The average Bonchev–Trinajstić information content (AvgIpc) is 3.41. The molecule has 27 heavy (non-hydrogen) atoms. The molecule has 1 aliphatic heterocycles. The Balaban J connectivity index is 1.63. The highest BCUT2D eigenvalue weighted by molar-refractivity contribution is 6.31. The quantitative estimate of drug-likeness (QED) is 0.821. The van der Waals surface area contributed by atoms with Gasteiger partial charge in [-0.3, -0.25) is 0 Å². The maximum atomic E-state index is 12.3. The van der Waals surface area contributed by atoms with Crippen molar-refractivity contribution < 1.29 is 9.53 Å². The second-order valence-electron chi connectivity index (χ2n) is 8.66. The molecule has 1 aromatic carbocycles. The van der Waals surface area contributed by atoms with Gasteiger partial charge in [-0.05, 0) is 70.7 Å². The Morgan fingerprint density at radius 3 is 2.48 bits per heavy atom. The standard InChI is InChI=1S/C21H32ClN3O2/c1-15-13-16(7-8-23-17-5-6-17)19(14-18(15)22)24-9-11-25(12-10-24)20(26)27-21(2,3)4/h13-14,17,23H,5-12H2,1-4H3. The number of anilines is 1. The molecule has 150 valence electrons. The summed E-state index contributed by atoms with van der Waals surface area (Å²) in [4.78, 5) is 16.4. The van der Waals surface area contributed by atoms with Crippen LogP contribution in [0.25, 0.3) is 0 Å². The maximum absolute atomic E-state index is 12.3. The fourth-order valence-corrected chi connectivity index (χ4v) is 3.54. The van der Waals surface area contributed by atoms with E-state index in [1.54, 1.807) is 4.90 Å². The Morgan fingerprint density at radius 1 is 1.22 bits per heavy atom. The van der Waals surface area contributed by atoms with Crippen molar-refractivity contribution in [3.63, 3.8) is 0 Å². The first-order valence-electron chi connectivity index (χ1n) is 9.98. The molecule has 0 atom stereocenters. The topological polar surface area (TPSA) is 44.8 Å². The highest BCUT2D eigenvalue weighted by Crippen LogP contribution is 2.30. The van der Waals surface area contributed by atoms with Crippen LogP contribution in [0.5, 0.6) is 0 Å². The Kier molecular flexibility index (Phi) is 6.21. The van der Waals surface area contributed by atoms with Crippen molar-refractivity contribution in [3.8, 4) is 0 Å². The number of ether oxygens (including phenoxy) is 1. The fraction of sp³-hybridized carbons (Fsp3) is 0.667. The molecule has 3 rings (SSSR count). The molecule has 1 aromatic rings. The summed E-state index contributed by atoms with van der Waals surface area (Å²) >= 11 is 6.42. The second-order valence-corrected chi connectivity index (χ2v) is 9.07. The van der Waals surface area contributed by atoms with Crippen LogP contribution in [0, 0.1) is 6.92 Å². The van der Waals surface area contributed by atoms with Crippen LogP contribution in [0.2, 0.25) is 5.02 Å². The van der Waals surface area contributed by atoms with E-state index in [0.29, 0.717) is 13.1 Å². The summed E-state index contributed by atoms with van der Waals surface area (Å²) in [6.45, 7) is 11.7. The number of aryl methyl sites for hydroxylation is 1. The number of nitrogens with one attached hydrogen (secondary N) is 1. The number of carbonyl (C=O) groups excluding carboxylic acids is 1. The Labute approximate surface area is 168 Å². The van der Waals surface area contributed by atoms with E-state index in [2.05, 4.69) is 29.3 Å². The molecule has 2 aliphatic rings. The minimum absolute atomic E-state index is 0.224. The summed E-state index contributed by atoms with van der Waals surface area (Å²) in [5, 5.41) is 4.40. The Morgan fingerprint density at radius 2 is 1.89 bits per heavy atom. The summed E-state index contributed by atoms with van der Waals surface area (Å²) < 4.78 is 5.50. The first-order chi connectivity index (χ1) is 12.7. The molecule has 1 heterocycles. The van der Waals surface area contributed by atoms with Gasteiger partial charge in [0.05, 0.1) is 0 Å². The smallest absolute Gasteiger partial charge is 0.410 e. The molecule has 0 radical (unpaired) electrons. The highest BCUT2D eigenvalue weighted by Gasteiger charge is 2.27. The van der Waals surface area contributed by atoms with Crippen molar-refractivity contribution in [3.05, 3.63) is 28.3 Å². The molecule has 5 nitrogen and oxygen atoms in total. The summed E-state index contributed by atoms with van der Waals surface area (Å²) in [5.74, 6) is 0. The van der Waals surface area contributed by atoms with Crippen molar-refractivity contribution in [2.24, 2.45) is 0 Å². The van der Waals surface area contributed by atoms with Gasteiger partial charge in [0.25, 0.3) is 0 Å². The van der Waals surface area contributed by atoms with E-state index in [-0.39, 0.29) is 6.09 Å². The van der Waals surface area contributed by atoms with Crippen LogP contribution in [0.4, 0.5) is 10.5 Å². The zero-order chi connectivity index (χ0) is 19.6. The minimum atomic E-state index is -0.458. The van der Waals surface area contributed by atoms with Gasteiger partial charge in [0.1, 0.15) is 5.60 Å². The van der Waals surface area contributed by atoms with Gasteiger partial charge in [-0.1, -0.05) is 17.7 Å². The molecule has 6 heteroatoms. The summed E-state index contributed by atoms with van der Waals surface area (Å²) in [6, 6.07) is 5.03. The predicted molar refractivity (Wildman–Crippen MR) is 111 cm³/mol. The lowest BCUT2D eigenvalue weighted by Gasteiger charge is -2.37. The van der Waals surface area contributed by atoms with Crippen LogP contribution in [0.1, 0.15) is 44.7 Å². The van der Waals surface area contributed by atoms with Crippen molar-refractivity contribution in [2.75, 3.05) is 37.6 Å². The molecule has 1 saturated carbocycles. The van der Waals surface area contributed by atoms with Crippen LogP contribution < -0.4 is 10.2 Å². The van der Waals surface area contributed by atoms with Gasteiger partial charge < -0.3 is 19.9 Å². The molecule has 0 unspecified atom stereocenters. The first-order valence-corrected chi connectivity index (χ1v) is 10.4. The number of piperazine rings is 1. The Bertz CT molecular complexity index is 675. The number of halogens is 1. The van der Waals surface area contributed by atoms with Crippen LogP contribution in [0.3, 0.4) is 0 Å². The van der Waals surface area contributed by atoms with E-state index in [1.165, 1.54) is 24.1 Å². The zero-order valence-electron chi connectivity index (χ0n) is 17.0. The van der Waals surface area contributed by atoms with Crippen molar-refractivity contribution in [1.82, 2.24) is 10.2 Å². The lowest BCUT2D eigenvalue weighted by molar-refractivity contribution is 0.0240. The van der Waals surface area contributed by atoms with E-state index in [9.17, 15) is 4.79 Å². The van der Waals surface area contributed by atoms with Crippen molar-refractivity contribution in [1.29, 1.82) is 0 Å². The monoisotopic (exact) mass is 393 g/mol. The highest BCUT2D eigenvalue weighted by atomic mass is 35.5. The number of hydrogen-bond acceptors (Lipinski definition) is 4. The van der Waals surface area contributed by atoms with Gasteiger partial charge in [0, 0.05) is 42.9 Å². The number of benzene rings is 1. The van der Waals surface area contributed by atoms with E-state index in [4.69, 9.17) is 16.3 Å². The third kappa shape index (κ3) is 5.76. The number of carbonyl (C=O) groups is 1. The van der Waals surface area contributed by atoms with Crippen molar-refractivity contribution >= 4 is 23.4 Å². The number of amides is 1. The molecular formula is C21H32ClN3O2. The predicted octanol–water partition coefficient (Wildman–Crippen LogP) is 4.00. The third-order valence-electron chi connectivity index (χ3n) is 5.04. The van der Waals surface area contributed by atoms with Gasteiger partial charge in [0.2, 0.25) is 0 Å². The third-order valence-corrected chi connectivity index (χ3v) is 5.44. The fourth-order valence-electron chi connectivity index (χ4n) is 3.38. The first kappa shape index (κ1) is 20.3. The van der Waals surface area contributed by atoms with Gasteiger partial charge in [-0.25, -0.2) is 4.79 Å². The van der Waals surface area contributed by atoms with E-state index >= 15 is 0 Å². The summed E-state index contributed by atoms with van der Waals surface area (Å²) in [6.07, 6.45) is 3.38. The second kappa shape index (κ2) is 8.27. The molecule has 0 spiro atoms. The Hall–Kier alpha value is -1.46. The van der Waals surface area contributed by atoms with Crippen LogP contribution >= 0.6 is 11.6 Å². The molecule has 2 fully saturated rings. The van der Waals surface area contributed by atoms with Crippen LogP contribution in [-0.4, -0.2) is 55.4 Å². The molecular weight excluding hydrogens is 362 g/mol. The van der Waals surface area contributed by atoms with Crippen LogP contribution in [-0.2, 0) is 11.2 Å². The van der Waals surface area contributed by atoms with Crippen LogP contribution in [0.15, 0.2) is 12.1 Å². The van der Waals surface area contributed by atoms with Gasteiger partial charge in [0.15, 0.2) is 0 Å². The lowest BCUT2D eigenvalue weighted by Crippen LogP contribution is -2.50. The number of nitrogens with zero attached hydrogens (tertiary/aromatic N) is 2. The molecule has 1 N–H and O–H groups in total. The molecule has 0 bridgehead atoms. The zero-order valence-corrected chi connectivity index (χ0v) is 17.7. The molecule has 1 saturated heterocycles. The average molecular weight is 394 g/mol. The minimum Gasteiger partial charge on any atom is -0.444 e. The van der Waals surface area contributed by atoms with Gasteiger partial charge >= 0.3 is 6.09 Å². The van der Waals surface area contributed by atoms with Gasteiger partial charge in [-0.15, -0.1) is 0 Å². The van der Waals surface area contributed by atoms with E-state index in [1.807, 2.05) is 20.8 Å². The van der Waals surface area contributed by atoms with Crippen molar-refractivity contribution in [2.45, 2.75) is 58.6 Å². The summed E-state index contributed by atoms with van der Waals surface area (Å²) in [5.41, 5.74) is 3.19. The van der Waals surface area contributed by atoms with E-state index in [0.717, 1.165) is 42.7 Å². The SMILES string of the molecule is Cc1cc(CCNC2CC2)c(N2CCN(C(=O)OC(C)(C)C)CC2)cc1Cl. The number of hydrogen-bond donors (Lipinski definition) is 1. The largest absolute Gasteiger partial charge is 0.444 e. The van der Waals surface area contributed by atoms with Gasteiger partial charge in [-0.2, -0.15) is 0 Å².